The summed E-state index contributed by atoms with van der Waals surface area (Å²) in [5.41, 5.74) is -0.284. The number of likely N-dealkylation sites (tertiary alicyclic amines) is 2. The maximum Gasteiger partial charge on any atom is 0.116 e. The highest BCUT2D eigenvalue weighted by atomic mass is 16.5. The molecular formula is C18H36N2O2. The summed E-state index contributed by atoms with van der Waals surface area (Å²) in [4.78, 5) is 4.98. The summed E-state index contributed by atoms with van der Waals surface area (Å²) in [5.74, 6) is 0. The lowest BCUT2D eigenvalue weighted by Crippen LogP contribution is -2.62. The van der Waals surface area contributed by atoms with E-state index >= 15 is 0 Å². The average molecular weight is 312 g/mol. The minimum absolute atomic E-state index is 0.0141. The lowest BCUT2D eigenvalue weighted by molar-refractivity contribution is -0.216. The van der Waals surface area contributed by atoms with Crippen molar-refractivity contribution in [1.29, 1.82) is 0 Å². The number of hydrogen-bond acceptors (Lipinski definition) is 4. The van der Waals surface area contributed by atoms with Crippen molar-refractivity contribution in [3.05, 3.63) is 0 Å². The Bertz CT molecular complexity index is 360. The maximum absolute atomic E-state index is 9.96. The van der Waals surface area contributed by atoms with E-state index in [0.717, 1.165) is 45.3 Å². The molecule has 0 aliphatic carbocycles. The van der Waals surface area contributed by atoms with E-state index in [1.807, 2.05) is 0 Å². The number of piperidine rings is 2. The zero-order chi connectivity index (χ0) is 16.5. The van der Waals surface area contributed by atoms with Crippen molar-refractivity contribution in [3.63, 3.8) is 0 Å². The summed E-state index contributed by atoms with van der Waals surface area (Å²) in [6.45, 7) is 16.6. The van der Waals surface area contributed by atoms with Gasteiger partial charge in [-0.2, -0.15) is 0 Å². The highest BCUT2D eigenvalue weighted by molar-refractivity contribution is 4.94. The second-order valence-corrected chi connectivity index (χ2v) is 8.50. The first-order valence-corrected chi connectivity index (χ1v) is 8.99. The van der Waals surface area contributed by atoms with Gasteiger partial charge in [-0.05, 0) is 67.2 Å². The molecule has 0 radical (unpaired) electrons. The van der Waals surface area contributed by atoms with Gasteiger partial charge in [-0.3, -0.25) is 4.90 Å². The Morgan fingerprint density at radius 1 is 1.09 bits per heavy atom. The molecule has 0 amide bonds. The molecular weight excluding hydrogens is 276 g/mol. The molecule has 2 aliphatic heterocycles. The topological polar surface area (TPSA) is 35.9 Å². The van der Waals surface area contributed by atoms with Gasteiger partial charge in [0.2, 0.25) is 0 Å². The molecule has 2 saturated heterocycles. The predicted molar refractivity (Wildman–Crippen MR) is 90.9 cm³/mol. The van der Waals surface area contributed by atoms with Crippen molar-refractivity contribution in [2.24, 2.45) is 0 Å². The van der Waals surface area contributed by atoms with Gasteiger partial charge in [0.05, 0.1) is 12.2 Å². The minimum Gasteiger partial charge on any atom is -0.393 e. The molecule has 0 aromatic rings. The van der Waals surface area contributed by atoms with Crippen LogP contribution < -0.4 is 0 Å². The molecule has 4 nitrogen and oxygen atoms in total. The van der Waals surface area contributed by atoms with Gasteiger partial charge in [0.25, 0.3) is 0 Å². The van der Waals surface area contributed by atoms with Crippen molar-refractivity contribution in [2.45, 2.75) is 96.7 Å². The first-order chi connectivity index (χ1) is 10.1. The SMILES string of the molecule is CC(C)N1CCC(OC(C)(C)N2CCC(O)CC2(C)C)CC1. The van der Waals surface area contributed by atoms with E-state index in [4.69, 9.17) is 4.74 Å². The quantitative estimate of drug-likeness (QED) is 0.866. The molecule has 1 atom stereocenters. The van der Waals surface area contributed by atoms with Crippen LogP contribution >= 0.6 is 0 Å². The molecule has 0 aromatic heterocycles. The monoisotopic (exact) mass is 312 g/mol. The van der Waals surface area contributed by atoms with Crippen molar-refractivity contribution in [1.82, 2.24) is 9.80 Å². The molecule has 0 spiro atoms. The van der Waals surface area contributed by atoms with Crippen LogP contribution in [0.25, 0.3) is 0 Å². The third-order valence-electron chi connectivity index (χ3n) is 5.46. The summed E-state index contributed by atoms with van der Waals surface area (Å²) in [6, 6.07) is 0.636. The van der Waals surface area contributed by atoms with Crippen LogP contribution in [0, 0.1) is 0 Å². The molecule has 4 heteroatoms. The van der Waals surface area contributed by atoms with E-state index in [9.17, 15) is 5.11 Å². The number of aliphatic hydroxyl groups excluding tert-OH is 1. The third-order valence-corrected chi connectivity index (χ3v) is 5.46. The Balaban J connectivity index is 1.94. The van der Waals surface area contributed by atoms with Gasteiger partial charge in [0.15, 0.2) is 0 Å². The van der Waals surface area contributed by atoms with E-state index in [1.54, 1.807) is 0 Å². The van der Waals surface area contributed by atoms with E-state index in [2.05, 4.69) is 51.3 Å². The fraction of sp³-hybridized carbons (Fsp3) is 1.00. The number of rotatable bonds is 4. The molecule has 0 saturated carbocycles. The lowest BCUT2D eigenvalue weighted by Gasteiger charge is -2.53. The van der Waals surface area contributed by atoms with Gasteiger partial charge in [-0.15, -0.1) is 0 Å². The Kier molecular flexibility index (Phi) is 5.59. The average Bonchev–Trinajstić information content (AvgIpc) is 2.36. The van der Waals surface area contributed by atoms with Gasteiger partial charge in [-0.25, -0.2) is 0 Å². The van der Waals surface area contributed by atoms with Gasteiger partial charge in [0, 0.05) is 31.2 Å². The van der Waals surface area contributed by atoms with Crippen LogP contribution in [0.15, 0.2) is 0 Å². The molecule has 2 heterocycles. The van der Waals surface area contributed by atoms with Crippen LogP contribution in [0.5, 0.6) is 0 Å². The largest absolute Gasteiger partial charge is 0.393 e. The van der Waals surface area contributed by atoms with E-state index in [-0.39, 0.29) is 17.4 Å². The van der Waals surface area contributed by atoms with Crippen molar-refractivity contribution < 1.29 is 9.84 Å². The van der Waals surface area contributed by atoms with E-state index < -0.39 is 0 Å². The first kappa shape index (κ1) is 18.2. The molecule has 2 aliphatic rings. The van der Waals surface area contributed by atoms with Crippen LogP contribution in [0.2, 0.25) is 0 Å². The van der Waals surface area contributed by atoms with Gasteiger partial charge >= 0.3 is 0 Å². The highest BCUT2D eigenvalue weighted by Crippen LogP contribution is 2.36. The van der Waals surface area contributed by atoms with Gasteiger partial charge in [-0.1, -0.05) is 0 Å². The molecule has 2 fully saturated rings. The first-order valence-electron chi connectivity index (χ1n) is 8.99. The van der Waals surface area contributed by atoms with E-state index in [1.165, 1.54) is 0 Å². The van der Waals surface area contributed by atoms with Crippen LogP contribution in [-0.4, -0.2) is 64.1 Å². The second-order valence-electron chi connectivity index (χ2n) is 8.50. The zero-order valence-corrected chi connectivity index (χ0v) is 15.4. The minimum atomic E-state index is -0.270. The molecule has 2 rings (SSSR count). The van der Waals surface area contributed by atoms with Crippen molar-refractivity contribution in [3.8, 4) is 0 Å². The summed E-state index contributed by atoms with van der Waals surface area (Å²) in [7, 11) is 0. The number of ether oxygens (including phenoxy) is 1. The summed E-state index contributed by atoms with van der Waals surface area (Å²) < 4.78 is 6.53. The normalized spacial score (nSPS) is 29.2. The van der Waals surface area contributed by atoms with Crippen LogP contribution in [0.4, 0.5) is 0 Å². The number of nitrogens with zero attached hydrogens (tertiary/aromatic N) is 2. The Labute approximate surface area is 136 Å². The number of aliphatic hydroxyl groups is 1. The molecule has 130 valence electrons. The van der Waals surface area contributed by atoms with Gasteiger partial charge < -0.3 is 14.7 Å². The summed E-state index contributed by atoms with van der Waals surface area (Å²) in [6.07, 6.45) is 4.11. The van der Waals surface area contributed by atoms with Gasteiger partial charge in [0.1, 0.15) is 5.72 Å². The Morgan fingerprint density at radius 2 is 1.68 bits per heavy atom. The molecule has 22 heavy (non-hydrogen) atoms. The second kappa shape index (κ2) is 6.76. The molecule has 1 unspecified atom stereocenters. The molecule has 0 aromatic carbocycles. The lowest BCUT2D eigenvalue weighted by atomic mass is 9.86. The predicted octanol–water partition coefficient (Wildman–Crippen LogP) is 2.85. The fourth-order valence-corrected chi connectivity index (χ4v) is 4.35. The Morgan fingerprint density at radius 3 is 2.18 bits per heavy atom. The van der Waals surface area contributed by atoms with Crippen LogP contribution in [0.1, 0.15) is 67.2 Å². The standard InChI is InChI=1S/C18H36N2O2/c1-14(2)19-10-8-16(9-11-19)22-18(5,6)20-12-7-15(21)13-17(20,3)4/h14-16,21H,7-13H2,1-6H3. The molecule has 0 bridgehead atoms. The zero-order valence-electron chi connectivity index (χ0n) is 15.4. The highest BCUT2D eigenvalue weighted by Gasteiger charge is 2.43. The summed E-state index contributed by atoms with van der Waals surface area (Å²) >= 11 is 0. The van der Waals surface area contributed by atoms with E-state index in [0.29, 0.717) is 12.1 Å². The van der Waals surface area contributed by atoms with Crippen molar-refractivity contribution in [2.75, 3.05) is 19.6 Å². The number of hydrogen-bond donors (Lipinski definition) is 1. The van der Waals surface area contributed by atoms with Crippen LogP contribution in [0.3, 0.4) is 0 Å². The maximum atomic E-state index is 9.96. The fourth-order valence-electron chi connectivity index (χ4n) is 4.35. The smallest absolute Gasteiger partial charge is 0.116 e. The Hall–Kier alpha value is -0.160. The van der Waals surface area contributed by atoms with Crippen molar-refractivity contribution >= 4 is 0 Å². The molecule has 1 N–H and O–H groups in total. The van der Waals surface area contributed by atoms with Crippen LogP contribution in [-0.2, 0) is 4.74 Å². The third kappa shape index (κ3) is 4.22. The summed E-state index contributed by atoms with van der Waals surface area (Å²) in [5, 5.41) is 9.96.